The van der Waals surface area contributed by atoms with E-state index in [1.807, 2.05) is 19.1 Å². The second-order valence-corrected chi connectivity index (χ2v) is 7.11. The van der Waals surface area contributed by atoms with Gasteiger partial charge in [0.2, 0.25) is 0 Å². The number of nitro benzene ring substituents is 1. The van der Waals surface area contributed by atoms with Crippen molar-refractivity contribution in [2.75, 3.05) is 42.9 Å². The Morgan fingerprint density at radius 2 is 1.89 bits per heavy atom. The van der Waals surface area contributed by atoms with E-state index in [1.54, 1.807) is 18.2 Å². The van der Waals surface area contributed by atoms with E-state index >= 15 is 0 Å². The normalized spacial score (nSPS) is 14.8. The summed E-state index contributed by atoms with van der Waals surface area (Å²) in [4.78, 5) is 26.0. The highest BCUT2D eigenvalue weighted by Crippen LogP contribution is 2.20. The van der Waals surface area contributed by atoms with Crippen LogP contribution < -0.4 is 15.1 Å². The Kier molecular flexibility index (Phi) is 5.93. The average molecular weight is 390 g/mol. The van der Waals surface area contributed by atoms with E-state index in [9.17, 15) is 14.9 Å². The minimum Gasteiger partial charge on any atom is -0.360 e. The van der Waals surface area contributed by atoms with Crippen molar-refractivity contribution >= 4 is 34.6 Å². The molecule has 0 radical (unpaired) electrons. The Hall–Kier alpha value is -2.64. The third-order valence-corrected chi connectivity index (χ3v) is 5.17. The number of rotatable bonds is 5. The summed E-state index contributed by atoms with van der Waals surface area (Å²) in [5.41, 5.74) is 2.75. The summed E-state index contributed by atoms with van der Waals surface area (Å²) in [7, 11) is 0. The summed E-state index contributed by atoms with van der Waals surface area (Å²) in [5, 5.41) is 14.3. The Bertz CT molecular complexity index is 833. The number of nitro groups is 1. The molecule has 0 atom stereocenters. The molecule has 0 aliphatic carbocycles. The summed E-state index contributed by atoms with van der Waals surface area (Å²) in [6.07, 6.45) is 0. The molecule has 142 valence electrons. The zero-order valence-electron chi connectivity index (χ0n) is 15.1. The number of halogens is 1. The summed E-state index contributed by atoms with van der Waals surface area (Å²) in [6, 6.07) is 12.1. The fourth-order valence-corrected chi connectivity index (χ4v) is 3.33. The number of nitrogens with zero attached hydrogens (tertiary/aromatic N) is 2. The molecule has 0 bridgehead atoms. The Morgan fingerprint density at radius 3 is 2.48 bits per heavy atom. The van der Waals surface area contributed by atoms with Crippen LogP contribution in [0.15, 0.2) is 42.5 Å². The number of quaternary nitrogens is 1. The number of hydrogen-bond donors (Lipinski definition) is 2. The first-order chi connectivity index (χ1) is 12.9. The van der Waals surface area contributed by atoms with Crippen LogP contribution in [0.5, 0.6) is 0 Å². The third kappa shape index (κ3) is 4.96. The van der Waals surface area contributed by atoms with Gasteiger partial charge in [0.05, 0.1) is 31.1 Å². The van der Waals surface area contributed by atoms with Gasteiger partial charge in [0.1, 0.15) is 0 Å². The minimum absolute atomic E-state index is 0.0336. The lowest BCUT2D eigenvalue weighted by Crippen LogP contribution is -3.15. The molecule has 1 heterocycles. The number of piperazine rings is 1. The van der Waals surface area contributed by atoms with Crippen LogP contribution in [0.4, 0.5) is 17.1 Å². The number of amides is 1. The molecule has 8 heteroatoms. The molecular formula is C19H22ClN4O3+. The lowest BCUT2D eigenvalue weighted by Gasteiger charge is -2.33. The number of anilines is 2. The van der Waals surface area contributed by atoms with Gasteiger partial charge in [-0.25, -0.2) is 0 Å². The Morgan fingerprint density at radius 1 is 1.22 bits per heavy atom. The Labute approximate surface area is 162 Å². The third-order valence-electron chi connectivity index (χ3n) is 4.76. The maximum Gasteiger partial charge on any atom is 0.279 e. The number of carbonyl (C=O) groups is 1. The summed E-state index contributed by atoms with van der Waals surface area (Å²) < 4.78 is 0. The zero-order valence-corrected chi connectivity index (χ0v) is 15.8. The molecule has 7 nitrogen and oxygen atoms in total. The molecule has 0 saturated carbocycles. The van der Waals surface area contributed by atoms with Crippen molar-refractivity contribution in [2.24, 2.45) is 0 Å². The highest BCUT2D eigenvalue weighted by atomic mass is 35.5. The molecule has 2 aromatic rings. The van der Waals surface area contributed by atoms with Gasteiger partial charge in [0.15, 0.2) is 6.54 Å². The van der Waals surface area contributed by atoms with Gasteiger partial charge in [-0.1, -0.05) is 17.7 Å². The SMILES string of the molecule is Cc1ccc(NC(=O)C[NH+]2CCN(c3ccc([N+](=O)[O-])cc3)CC2)cc1Cl. The molecule has 1 saturated heterocycles. The number of benzene rings is 2. The van der Waals surface area contributed by atoms with E-state index < -0.39 is 4.92 Å². The van der Waals surface area contributed by atoms with Gasteiger partial charge in [-0.2, -0.15) is 0 Å². The van der Waals surface area contributed by atoms with E-state index in [-0.39, 0.29) is 11.6 Å². The summed E-state index contributed by atoms with van der Waals surface area (Å²) in [6.45, 7) is 5.59. The van der Waals surface area contributed by atoms with E-state index in [0.29, 0.717) is 17.3 Å². The van der Waals surface area contributed by atoms with Crippen LogP contribution in [0.3, 0.4) is 0 Å². The molecule has 1 fully saturated rings. The smallest absolute Gasteiger partial charge is 0.279 e. The highest BCUT2D eigenvalue weighted by molar-refractivity contribution is 6.31. The van der Waals surface area contributed by atoms with Gasteiger partial charge in [0, 0.05) is 28.5 Å². The summed E-state index contributed by atoms with van der Waals surface area (Å²) >= 11 is 6.09. The standard InChI is InChI=1S/C19H21ClN4O3/c1-14-2-3-15(12-18(14)20)21-19(25)13-22-8-10-23(11-9-22)16-4-6-17(7-5-16)24(26)27/h2-7,12H,8-11,13H2,1H3,(H,21,25)/p+1. The first-order valence-electron chi connectivity index (χ1n) is 8.81. The van der Waals surface area contributed by atoms with Crippen LogP contribution in [-0.4, -0.2) is 43.6 Å². The monoisotopic (exact) mass is 389 g/mol. The first kappa shape index (κ1) is 19.1. The molecule has 0 unspecified atom stereocenters. The molecule has 27 heavy (non-hydrogen) atoms. The van der Waals surface area contributed by atoms with Crippen molar-refractivity contribution in [2.45, 2.75) is 6.92 Å². The van der Waals surface area contributed by atoms with E-state index in [0.717, 1.165) is 37.4 Å². The zero-order chi connectivity index (χ0) is 19.4. The van der Waals surface area contributed by atoms with Gasteiger partial charge < -0.3 is 15.1 Å². The molecule has 1 amide bonds. The summed E-state index contributed by atoms with van der Waals surface area (Å²) in [5.74, 6) is -0.0336. The van der Waals surface area contributed by atoms with Crippen molar-refractivity contribution in [1.29, 1.82) is 0 Å². The van der Waals surface area contributed by atoms with Crippen LogP contribution in [0.1, 0.15) is 5.56 Å². The second-order valence-electron chi connectivity index (χ2n) is 6.70. The van der Waals surface area contributed by atoms with Crippen molar-refractivity contribution in [1.82, 2.24) is 0 Å². The van der Waals surface area contributed by atoms with Gasteiger partial charge in [-0.3, -0.25) is 14.9 Å². The van der Waals surface area contributed by atoms with Gasteiger partial charge >= 0.3 is 0 Å². The van der Waals surface area contributed by atoms with Crippen molar-refractivity contribution < 1.29 is 14.6 Å². The molecule has 1 aliphatic rings. The predicted molar refractivity (Wildman–Crippen MR) is 106 cm³/mol. The quantitative estimate of drug-likeness (QED) is 0.604. The van der Waals surface area contributed by atoms with E-state index in [1.165, 1.54) is 17.0 Å². The van der Waals surface area contributed by atoms with Crippen molar-refractivity contribution in [3.8, 4) is 0 Å². The average Bonchev–Trinajstić information content (AvgIpc) is 2.65. The number of hydrogen-bond acceptors (Lipinski definition) is 4. The van der Waals surface area contributed by atoms with E-state index in [4.69, 9.17) is 11.6 Å². The molecule has 2 N–H and O–H groups in total. The maximum absolute atomic E-state index is 12.3. The molecule has 0 spiro atoms. The predicted octanol–water partition coefficient (Wildman–Crippen LogP) is 1.90. The molecular weight excluding hydrogens is 368 g/mol. The minimum atomic E-state index is -0.397. The molecule has 1 aliphatic heterocycles. The van der Waals surface area contributed by atoms with Crippen molar-refractivity contribution in [3.05, 3.63) is 63.2 Å². The van der Waals surface area contributed by atoms with Crippen LogP contribution >= 0.6 is 11.6 Å². The number of carbonyl (C=O) groups excluding carboxylic acids is 1. The van der Waals surface area contributed by atoms with Crippen LogP contribution in [0.2, 0.25) is 5.02 Å². The number of aryl methyl sites for hydroxylation is 1. The largest absolute Gasteiger partial charge is 0.360 e. The lowest BCUT2D eigenvalue weighted by molar-refractivity contribution is -0.892. The molecule has 3 rings (SSSR count). The van der Waals surface area contributed by atoms with Gasteiger partial charge in [-0.05, 0) is 36.8 Å². The number of nitrogens with one attached hydrogen (secondary N) is 2. The van der Waals surface area contributed by atoms with Crippen LogP contribution in [-0.2, 0) is 4.79 Å². The number of non-ortho nitro benzene ring substituents is 1. The fourth-order valence-electron chi connectivity index (χ4n) is 3.15. The molecule has 0 aromatic heterocycles. The lowest BCUT2D eigenvalue weighted by atomic mass is 10.2. The first-order valence-corrected chi connectivity index (χ1v) is 9.19. The van der Waals surface area contributed by atoms with E-state index in [2.05, 4.69) is 10.2 Å². The topological polar surface area (TPSA) is 79.9 Å². The van der Waals surface area contributed by atoms with Gasteiger partial charge in [-0.15, -0.1) is 0 Å². The second kappa shape index (κ2) is 8.37. The maximum atomic E-state index is 12.3. The highest BCUT2D eigenvalue weighted by Gasteiger charge is 2.22. The van der Waals surface area contributed by atoms with Crippen LogP contribution in [0, 0.1) is 17.0 Å². The van der Waals surface area contributed by atoms with Gasteiger partial charge in [0.25, 0.3) is 11.6 Å². The fraction of sp³-hybridized carbons (Fsp3) is 0.316. The van der Waals surface area contributed by atoms with Crippen LogP contribution in [0.25, 0.3) is 0 Å². The van der Waals surface area contributed by atoms with Crippen molar-refractivity contribution in [3.63, 3.8) is 0 Å². The molecule has 2 aromatic carbocycles. The Balaban J connectivity index is 1.49.